The van der Waals surface area contributed by atoms with Crippen LogP contribution in [-0.2, 0) is 4.79 Å². The highest BCUT2D eigenvalue weighted by molar-refractivity contribution is 5.74. The molecule has 7 heteroatoms. The van der Waals surface area contributed by atoms with Crippen molar-refractivity contribution in [2.24, 2.45) is 0 Å². The van der Waals surface area contributed by atoms with Crippen LogP contribution in [0.2, 0.25) is 0 Å². The fraction of sp³-hybridized carbons (Fsp3) is 0.133. The van der Waals surface area contributed by atoms with Gasteiger partial charge in [0.05, 0.1) is 0 Å². The van der Waals surface area contributed by atoms with Crippen LogP contribution in [0, 0.1) is 0 Å². The number of ether oxygens (including phenoxy) is 2. The second-order valence-electron chi connectivity index (χ2n) is 4.27. The third kappa shape index (κ3) is 4.41. The Hall–Kier alpha value is -2.70. The number of carboxylic acid groups (broad SMARTS) is 1. The average Bonchev–Trinajstić information content (AvgIpc) is 2.44. The molecule has 1 unspecified atom stereocenters. The number of carbonyl (C=O) groups is 1. The maximum Gasteiger partial charge on any atom is 0.573 e. The monoisotopic (exact) mass is 312 g/mol. The van der Waals surface area contributed by atoms with Crippen LogP contribution in [0.15, 0.2) is 54.6 Å². The van der Waals surface area contributed by atoms with E-state index >= 15 is 0 Å². The van der Waals surface area contributed by atoms with Crippen molar-refractivity contribution >= 4 is 5.97 Å². The van der Waals surface area contributed by atoms with Gasteiger partial charge in [-0.2, -0.15) is 0 Å². The molecule has 1 atom stereocenters. The summed E-state index contributed by atoms with van der Waals surface area (Å²) in [5, 5.41) is 9.21. The SMILES string of the molecule is O=C(O)C(Oc1cccc(OC(F)(F)F)c1)c1ccccc1. The zero-order valence-electron chi connectivity index (χ0n) is 11.1. The molecule has 116 valence electrons. The third-order valence-corrected chi connectivity index (χ3v) is 2.62. The predicted octanol–water partition coefficient (Wildman–Crippen LogP) is 3.79. The minimum Gasteiger partial charge on any atom is -0.478 e. The van der Waals surface area contributed by atoms with Crippen molar-refractivity contribution in [1.82, 2.24) is 0 Å². The Kier molecular flexibility index (Phi) is 4.55. The van der Waals surface area contributed by atoms with Gasteiger partial charge in [0.2, 0.25) is 6.10 Å². The van der Waals surface area contributed by atoms with Gasteiger partial charge in [0.25, 0.3) is 0 Å². The molecule has 4 nitrogen and oxygen atoms in total. The van der Waals surface area contributed by atoms with E-state index in [0.29, 0.717) is 5.56 Å². The van der Waals surface area contributed by atoms with Crippen LogP contribution >= 0.6 is 0 Å². The second kappa shape index (κ2) is 6.38. The van der Waals surface area contributed by atoms with Crippen LogP contribution in [0.3, 0.4) is 0 Å². The summed E-state index contributed by atoms with van der Waals surface area (Å²) in [5.74, 6) is -1.78. The lowest BCUT2D eigenvalue weighted by Gasteiger charge is -2.16. The summed E-state index contributed by atoms with van der Waals surface area (Å²) in [6.07, 6.45) is -6.16. The van der Waals surface area contributed by atoms with Gasteiger partial charge in [-0.1, -0.05) is 36.4 Å². The number of carboxylic acids is 1. The summed E-state index contributed by atoms with van der Waals surface area (Å²) in [5.41, 5.74) is 0.372. The minimum absolute atomic E-state index is 0.0435. The van der Waals surface area contributed by atoms with Gasteiger partial charge in [-0.3, -0.25) is 0 Å². The molecule has 0 spiro atoms. The highest BCUT2D eigenvalue weighted by atomic mass is 19.4. The molecule has 2 rings (SSSR count). The first-order valence-corrected chi connectivity index (χ1v) is 6.15. The normalized spacial score (nSPS) is 12.5. The molecule has 1 N–H and O–H groups in total. The van der Waals surface area contributed by atoms with E-state index in [-0.39, 0.29) is 5.75 Å². The summed E-state index contributed by atoms with van der Waals surface area (Å²) in [4.78, 5) is 11.3. The number of benzene rings is 2. The maximum absolute atomic E-state index is 12.2. The highest BCUT2D eigenvalue weighted by Crippen LogP contribution is 2.29. The van der Waals surface area contributed by atoms with Crippen LogP contribution in [0.5, 0.6) is 11.5 Å². The molecule has 2 aromatic carbocycles. The zero-order valence-corrected chi connectivity index (χ0v) is 11.1. The van der Waals surface area contributed by atoms with Gasteiger partial charge in [-0.25, -0.2) is 4.79 Å². The Labute approximate surface area is 123 Å². The van der Waals surface area contributed by atoms with Crippen molar-refractivity contribution in [3.8, 4) is 11.5 Å². The molecule has 0 saturated heterocycles. The van der Waals surface area contributed by atoms with Gasteiger partial charge in [0.1, 0.15) is 11.5 Å². The average molecular weight is 312 g/mol. The van der Waals surface area contributed by atoms with E-state index in [1.54, 1.807) is 30.3 Å². The van der Waals surface area contributed by atoms with Gasteiger partial charge in [0.15, 0.2) is 0 Å². The van der Waals surface area contributed by atoms with Gasteiger partial charge >= 0.3 is 12.3 Å². The summed E-state index contributed by atoms with van der Waals surface area (Å²) < 4.78 is 45.5. The first kappa shape index (κ1) is 15.7. The topological polar surface area (TPSA) is 55.8 Å². The van der Waals surface area contributed by atoms with E-state index in [0.717, 1.165) is 12.1 Å². The van der Waals surface area contributed by atoms with E-state index in [4.69, 9.17) is 4.74 Å². The summed E-state index contributed by atoms with van der Waals surface area (Å²) in [6.45, 7) is 0. The third-order valence-electron chi connectivity index (χ3n) is 2.62. The van der Waals surface area contributed by atoms with Crippen molar-refractivity contribution in [1.29, 1.82) is 0 Å². The van der Waals surface area contributed by atoms with Gasteiger partial charge in [0, 0.05) is 11.6 Å². The number of aliphatic carboxylic acids is 1. The number of hydrogen-bond acceptors (Lipinski definition) is 3. The van der Waals surface area contributed by atoms with Gasteiger partial charge in [-0.05, 0) is 12.1 Å². The molecule has 0 aliphatic rings. The van der Waals surface area contributed by atoms with Crippen LogP contribution < -0.4 is 9.47 Å². The molecule has 0 bridgehead atoms. The van der Waals surface area contributed by atoms with Gasteiger partial charge in [-0.15, -0.1) is 13.2 Å². The first-order chi connectivity index (χ1) is 10.3. The van der Waals surface area contributed by atoms with Crippen molar-refractivity contribution in [3.05, 3.63) is 60.2 Å². The lowest BCUT2D eigenvalue weighted by molar-refractivity contribution is -0.274. The minimum atomic E-state index is -4.83. The van der Waals surface area contributed by atoms with E-state index in [9.17, 15) is 23.1 Å². The summed E-state index contributed by atoms with van der Waals surface area (Å²) >= 11 is 0. The lowest BCUT2D eigenvalue weighted by atomic mass is 10.1. The molecule has 0 saturated carbocycles. The van der Waals surface area contributed by atoms with Crippen LogP contribution in [0.4, 0.5) is 13.2 Å². The number of halogens is 3. The van der Waals surface area contributed by atoms with Crippen molar-refractivity contribution in [2.45, 2.75) is 12.5 Å². The second-order valence-corrected chi connectivity index (χ2v) is 4.27. The first-order valence-electron chi connectivity index (χ1n) is 6.15. The fourth-order valence-electron chi connectivity index (χ4n) is 1.77. The highest BCUT2D eigenvalue weighted by Gasteiger charge is 2.31. The Morgan fingerprint density at radius 1 is 1.00 bits per heavy atom. The Bertz CT molecular complexity index is 641. The Balaban J connectivity index is 2.21. The van der Waals surface area contributed by atoms with Gasteiger partial charge < -0.3 is 14.6 Å². The maximum atomic E-state index is 12.2. The molecule has 0 heterocycles. The largest absolute Gasteiger partial charge is 0.573 e. The molecule has 0 aliphatic carbocycles. The number of rotatable bonds is 5. The molecule has 0 fully saturated rings. The molecule has 2 aromatic rings. The van der Waals surface area contributed by atoms with Crippen LogP contribution in [0.1, 0.15) is 11.7 Å². The van der Waals surface area contributed by atoms with Crippen molar-refractivity contribution in [2.75, 3.05) is 0 Å². The van der Waals surface area contributed by atoms with Crippen LogP contribution in [-0.4, -0.2) is 17.4 Å². The van der Waals surface area contributed by atoms with E-state index < -0.39 is 24.2 Å². The fourth-order valence-corrected chi connectivity index (χ4v) is 1.77. The smallest absolute Gasteiger partial charge is 0.478 e. The number of alkyl halides is 3. The molecular formula is C15H11F3O4. The summed E-state index contributed by atoms with van der Waals surface area (Å²) in [7, 11) is 0. The van der Waals surface area contributed by atoms with Crippen molar-refractivity contribution < 1.29 is 32.5 Å². The Morgan fingerprint density at radius 3 is 2.23 bits per heavy atom. The quantitative estimate of drug-likeness (QED) is 0.912. The standard InChI is InChI=1S/C15H11F3O4/c16-15(17,18)22-12-8-4-7-11(9-12)21-13(14(19)20)10-5-2-1-3-6-10/h1-9,13H,(H,19,20). The lowest BCUT2D eigenvalue weighted by Crippen LogP contribution is -2.19. The van der Waals surface area contributed by atoms with Crippen LogP contribution in [0.25, 0.3) is 0 Å². The zero-order chi connectivity index (χ0) is 16.2. The molecule has 22 heavy (non-hydrogen) atoms. The number of hydrogen-bond donors (Lipinski definition) is 1. The van der Waals surface area contributed by atoms with E-state index in [1.807, 2.05) is 0 Å². The summed E-state index contributed by atoms with van der Waals surface area (Å²) in [6, 6.07) is 12.8. The van der Waals surface area contributed by atoms with E-state index in [1.165, 1.54) is 12.1 Å². The molecular weight excluding hydrogens is 301 g/mol. The van der Waals surface area contributed by atoms with E-state index in [2.05, 4.69) is 4.74 Å². The molecule has 0 amide bonds. The van der Waals surface area contributed by atoms with Crippen molar-refractivity contribution in [3.63, 3.8) is 0 Å². The Morgan fingerprint density at radius 2 is 1.64 bits per heavy atom. The molecule has 0 radical (unpaired) electrons. The predicted molar refractivity (Wildman–Crippen MR) is 70.6 cm³/mol. The molecule has 0 aliphatic heterocycles. The molecule has 0 aromatic heterocycles.